The van der Waals surface area contributed by atoms with Gasteiger partial charge in [-0.3, -0.25) is 0 Å². The first-order valence-corrected chi connectivity index (χ1v) is 8.85. The molecule has 3 rings (SSSR count). The minimum atomic E-state index is -2.14. The Balaban J connectivity index is 2.35. The second kappa shape index (κ2) is 6.30. The molecule has 0 heterocycles. The fourth-order valence-corrected chi connectivity index (χ4v) is 6.26. The molecule has 3 aromatic carbocycles. The third-order valence-corrected chi connectivity index (χ3v) is 7.55. The van der Waals surface area contributed by atoms with Gasteiger partial charge in [0.15, 0.2) is 0 Å². The largest absolute Gasteiger partial charge is 0.184 e. The van der Waals surface area contributed by atoms with E-state index in [2.05, 4.69) is 40.7 Å². The molecule has 3 heteroatoms. The summed E-state index contributed by atoms with van der Waals surface area (Å²) in [6.07, 6.45) is 0. The summed E-state index contributed by atoms with van der Waals surface area (Å²) in [5, 5.41) is 3.49. The number of nitrogens with zero attached hydrogens (tertiary/aromatic N) is 1. The van der Waals surface area contributed by atoms with Crippen molar-refractivity contribution in [3.05, 3.63) is 91.0 Å². The maximum atomic E-state index is 6.20. The highest BCUT2D eigenvalue weighted by atomic mass is 35.5. The van der Waals surface area contributed by atoms with Crippen LogP contribution >= 0.6 is 18.8 Å². The van der Waals surface area contributed by atoms with Gasteiger partial charge in [-0.05, 0) is 0 Å². The van der Waals surface area contributed by atoms with Crippen LogP contribution in [-0.2, 0) is 0 Å². The molecule has 3 aromatic rings. The molecule has 0 aliphatic heterocycles. The van der Waals surface area contributed by atoms with Crippen LogP contribution in [0.1, 0.15) is 0 Å². The van der Waals surface area contributed by atoms with Crippen LogP contribution in [0.5, 0.6) is 0 Å². The highest BCUT2D eigenvalue weighted by Gasteiger charge is 2.26. The lowest BCUT2D eigenvalue weighted by molar-refractivity contribution is 1.71. The molecule has 0 aliphatic carbocycles. The Kier molecular flexibility index (Phi) is 4.24. The summed E-state index contributed by atoms with van der Waals surface area (Å²) in [5.74, 6) is 0. The zero-order valence-electron chi connectivity index (χ0n) is 11.4. The van der Waals surface area contributed by atoms with Crippen molar-refractivity contribution in [2.45, 2.75) is 0 Å². The molecule has 21 heavy (non-hydrogen) atoms. The molecule has 0 amide bonds. The minimum Gasteiger partial charge on any atom is -0.184 e. The summed E-state index contributed by atoms with van der Waals surface area (Å²) < 4.78 is 4.41. The van der Waals surface area contributed by atoms with Crippen LogP contribution < -0.4 is 15.9 Å². The first kappa shape index (κ1) is 14.1. The summed E-state index contributed by atoms with van der Waals surface area (Å²) in [4.78, 5) is 0. The summed E-state index contributed by atoms with van der Waals surface area (Å²) in [7, 11) is -2.14. The number of benzene rings is 3. The molecule has 0 radical (unpaired) electrons. The Hall–Kier alpha value is -1.82. The third kappa shape index (κ3) is 2.55. The minimum absolute atomic E-state index is 1.16. The van der Waals surface area contributed by atoms with E-state index in [0.717, 1.165) is 15.9 Å². The second-order valence-electron chi connectivity index (χ2n) is 4.72. The van der Waals surface area contributed by atoms with Crippen molar-refractivity contribution in [1.82, 2.24) is 0 Å². The summed E-state index contributed by atoms with van der Waals surface area (Å²) in [6, 6.07) is 31.0. The predicted octanol–water partition coefficient (Wildman–Crippen LogP) is 4.32. The lowest BCUT2D eigenvalue weighted by Gasteiger charge is -2.24. The fourth-order valence-electron chi connectivity index (χ4n) is 2.51. The van der Waals surface area contributed by atoms with Gasteiger partial charge in [-0.15, -0.1) is 0 Å². The summed E-state index contributed by atoms with van der Waals surface area (Å²) >= 11 is 6.20. The average Bonchev–Trinajstić information content (AvgIpc) is 2.59. The SMILES string of the molecule is ClN=P(c1ccccc1)(c1ccccc1)c1ccccc1. The van der Waals surface area contributed by atoms with Crippen molar-refractivity contribution in [2.75, 3.05) is 0 Å². The van der Waals surface area contributed by atoms with Gasteiger partial charge in [-0.1, -0.05) is 91.0 Å². The van der Waals surface area contributed by atoms with Gasteiger partial charge in [0.05, 0.1) is 7.05 Å². The van der Waals surface area contributed by atoms with Crippen LogP contribution in [0.15, 0.2) is 95.3 Å². The Morgan fingerprint density at radius 2 is 0.810 bits per heavy atom. The Bertz CT molecular complexity index is 652. The van der Waals surface area contributed by atoms with Crippen LogP contribution in [0, 0.1) is 0 Å². The van der Waals surface area contributed by atoms with E-state index in [1.165, 1.54) is 0 Å². The molecule has 0 unspecified atom stereocenters. The smallest absolute Gasteiger partial charge is 0.0755 e. The van der Waals surface area contributed by atoms with E-state index >= 15 is 0 Å². The van der Waals surface area contributed by atoms with Crippen molar-refractivity contribution in [1.29, 1.82) is 0 Å². The van der Waals surface area contributed by atoms with E-state index < -0.39 is 7.05 Å². The van der Waals surface area contributed by atoms with Crippen LogP contribution in [0.2, 0.25) is 0 Å². The lowest BCUT2D eigenvalue weighted by Crippen LogP contribution is -2.24. The number of rotatable bonds is 3. The normalized spacial score (nSPS) is 11.1. The number of halogens is 1. The molecular formula is C18H15ClNP. The highest BCUT2D eigenvalue weighted by Crippen LogP contribution is 2.46. The van der Waals surface area contributed by atoms with E-state index in [1.54, 1.807) is 0 Å². The zero-order chi connectivity index (χ0) is 14.5. The number of hydrogen-bond donors (Lipinski definition) is 0. The zero-order valence-corrected chi connectivity index (χ0v) is 13.1. The van der Waals surface area contributed by atoms with Gasteiger partial charge in [0.1, 0.15) is 0 Å². The fraction of sp³-hybridized carbons (Fsp3) is 0. The first-order valence-electron chi connectivity index (χ1n) is 6.77. The van der Waals surface area contributed by atoms with Crippen molar-refractivity contribution in [2.24, 2.45) is 4.26 Å². The maximum absolute atomic E-state index is 6.20. The van der Waals surface area contributed by atoms with Crippen LogP contribution in [0.4, 0.5) is 0 Å². The maximum Gasteiger partial charge on any atom is 0.0755 e. The van der Waals surface area contributed by atoms with Gasteiger partial charge in [0.25, 0.3) is 0 Å². The monoisotopic (exact) mass is 311 g/mol. The highest BCUT2D eigenvalue weighted by molar-refractivity contribution is 7.87. The van der Waals surface area contributed by atoms with Gasteiger partial charge in [0, 0.05) is 27.7 Å². The Morgan fingerprint density at radius 3 is 1.05 bits per heavy atom. The molecule has 0 fully saturated rings. The molecule has 1 nitrogen and oxygen atoms in total. The molecule has 0 saturated heterocycles. The van der Waals surface area contributed by atoms with E-state index in [4.69, 9.17) is 11.8 Å². The second-order valence-corrected chi connectivity index (χ2v) is 8.14. The topological polar surface area (TPSA) is 12.4 Å². The van der Waals surface area contributed by atoms with Crippen molar-refractivity contribution >= 4 is 34.7 Å². The van der Waals surface area contributed by atoms with Gasteiger partial charge in [-0.25, -0.2) is 0 Å². The van der Waals surface area contributed by atoms with Crippen LogP contribution in [0.3, 0.4) is 0 Å². The first-order chi connectivity index (χ1) is 10.4. The molecule has 0 atom stereocenters. The van der Waals surface area contributed by atoms with E-state index in [1.807, 2.05) is 54.6 Å². The van der Waals surface area contributed by atoms with Gasteiger partial charge < -0.3 is 0 Å². The van der Waals surface area contributed by atoms with E-state index in [9.17, 15) is 0 Å². The van der Waals surface area contributed by atoms with Crippen molar-refractivity contribution < 1.29 is 0 Å². The van der Waals surface area contributed by atoms with E-state index in [0.29, 0.717) is 0 Å². The van der Waals surface area contributed by atoms with Crippen molar-refractivity contribution in [3.63, 3.8) is 0 Å². The molecule has 0 aromatic heterocycles. The molecular weight excluding hydrogens is 297 g/mol. The average molecular weight is 312 g/mol. The third-order valence-electron chi connectivity index (χ3n) is 3.50. The summed E-state index contributed by atoms with van der Waals surface area (Å²) in [5.41, 5.74) is 0. The van der Waals surface area contributed by atoms with Gasteiger partial charge in [-0.2, -0.15) is 4.26 Å². The van der Waals surface area contributed by atoms with E-state index in [-0.39, 0.29) is 0 Å². The Labute approximate surface area is 130 Å². The molecule has 0 N–H and O–H groups in total. The van der Waals surface area contributed by atoms with Gasteiger partial charge in [0.2, 0.25) is 0 Å². The quantitative estimate of drug-likeness (QED) is 0.639. The van der Waals surface area contributed by atoms with Gasteiger partial charge >= 0.3 is 0 Å². The standard InChI is InChI=1S/C18H15ClNP/c19-20-21(16-10-4-1-5-11-16,17-12-6-2-7-13-17)18-14-8-3-9-15-18/h1-15H. The van der Waals surface area contributed by atoms with Crippen LogP contribution in [-0.4, -0.2) is 0 Å². The molecule has 0 aliphatic rings. The molecule has 0 spiro atoms. The molecule has 0 bridgehead atoms. The van der Waals surface area contributed by atoms with Crippen LogP contribution in [0.25, 0.3) is 0 Å². The van der Waals surface area contributed by atoms with Crippen molar-refractivity contribution in [3.8, 4) is 0 Å². The summed E-state index contributed by atoms with van der Waals surface area (Å²) in [6.45, 7) is 0. The Morgan fingerprint density at radius 1 is 0.524 bits per heavy atom. The predicted molar refractivity (Wildman–Crippen MR) is 93.4 cm³/mol. The number of hydrogen-bond acceptors (Lipinski definition) is 1. The lowest BCUT2D eigenvalue weighted by atomic mass is 10.4. The molecule has 0 saturated carbocycles. The molecule has 104 valence electrons.